The Kier molecular flexibility index (Phi) is 7.85. The van der Waals surface area contributed by atoms with Crippen molar-refractivity contribution in [2.24, 2.45) is 0 Å². The summed E-state index contributed by atoms with van der Waals surface area (Å²) in [5.41, 5.74) is 7.39. The molecular weight excluding hydrogens is 596 g/mol. The first kappa shape index (κ1) is 29.1. The number of benzene rings is 2. The number of aliphatic hydroxyl groups is 2. The summed E-state index contributed by atoms with van der Waals surface area (Å²) >= 11 is 7.27. The fraction of sp³-hybridized carbons (Fsp3) is 0.276. The highest BCUT2D eigenvalue weighted by molar-refractivity contribution is 7.09. The molecule has 5 N–H and O–H groups in total. The Hall–Kier alpha value is -3.98. The first-order valence-corrected chi connectivity index (χ1v) is 14.5. The topological polar surface area (TPSA) is 179 Å². The molecule has 1 fully saturated rings. The number of halogens is 1. The zero-order valence-corrected chi connectivity index (χ0v) is 24.3. The van der Waals surface area contributed by atoms with Gasteiger partial charge in [-0.2, -0.15) is 9.97 Å². The molecule has 0 radical (unpaired) electrons. The highest BCUT2D eigenvalue weighted by atomic mass is 35.5. The number of nitrogen functional groups attached to an aromatic ring is 1. The number of anilines is 1. The highest BCUT2D eigenvalue weighted by Gasteiger charge is 2.49. The first-order valence-electron chi connectivity index (χ1n) is 13.3. The van der Waals surface area contributed by atoms with Gasteiger partial charge in [0.05, 0.1) is 23.6 Å². The summed E-state index contributed by atoms with van der Waals surface area (Å²) in [4.78, 5) is 29.6. The Morgan fingerprint density at radius 3 is 2.49 bits per heavy atom. The third kappa shape index (κ3) is 5.46. The fourth-order valence-electron chi connectivity index (χ4n) is 5.16. The van der Waals surface area contributed by atoms with Crippen molar-refractivity contribution < 1.29 is 29.6 Å². The summed E-state index contributed by atoms with van der Waals surface area (Å²) in [6.07, 6.45) is -3.79. The Morgan fingerprint density at radius 1 is 1.09 bits per heavy atom. The van der Waals surface area contributed by atoms with Crippen LogP contribution in [0.1, 0.15) is 22.5 Å². The van der Waals surface area contributed by atoms with Gasteiger partial charge < -0.3 is 30.5 Å². The molecule has 0 unspecified atom stereocenters. The molecule has 0 bridgehead atoms. The molecule has 1 saturated heterocycles. The molecule has 3 aromatic heterocycles. The summed E-state index contributed by atoms with van der Waals surface area (Å²) in [7, 11) is 0. The zero-order chi connectivity index (χ0) is 30.3. The second-order valence-electron chi connectivity index (χ2n) is 10.2. The van der Waals surface area contributed by atoms with E-state index in [9.17, 15) is 20.1 Å². The molecule has 1 aliphatic heterocycles. The van der Waals surface area contributed by atoms with Crippen molar-refractivity contribution in [3.8, 4) is 11.1 Å². The monoisotopic (exact) mass is 622 g/mol. The standard InChI is InChI=1S/C29H27ClN6O6S/c1-15-33-20(13-43-15)29(27(39)40,11-16-7-9-18(10-8-16)17-5-3-2-4-6-17)41-12-19-22(37)23(38)26(42-19)36-14-32-21-24(31)34-28(30)35-25(21)36/h2-10,13-14,19,22-23,26,37-38H,11-12H2,1H3,(H,39,40)(H2,31,34,35)/t19-,22-,23-,26-,29-/m1/s1. The summed E-state index contributed by atoms with van der Waals surface area (Å²) in [6, 6.07) is 17.4. The largest absolute Gasteiger partial charge is 0.479 e. The molecule has 0 spiro atoms. The van der Waals surface area contributed by atoms with Crippen molar-refractivity contribution in [3.05, 3.63) is 87.9 Å². The molecule has 6 rings (SSSR count). The number of fused-ring (bicyclic) bond motifs is 1. The van der Waals surface area contributed by atoms with Gasteiger partial charge in [0.25, 0.3) is 0 Å². The van der Waals surface area contributed by atoms with Crippen molar-refractivity contribution in [2.75, 3.05) is 12.3 Å². The van der Waals surface area contributed by atoms with Gasteiger partial charge in [-0.05, 0) is 35.2 Å². The Balaban J connectivity index is 1.27. The Labute approximate surface area is 254 Å². The van der Waals surface area contributed by atoms with E-state index < -0.39 is 36.1 Å². The SMILES string of the molecule is Cc1nc([C@@](Cc2ccc(-c3ccccc3)cc2)(OC[C@H]2O[C@@H](n3cnc4c(N)nc(Cl)nc43)[C@H](O)[C@@H]2O)C(=O)O)cs1. The lowest BCUT2D eigenvalue weighted by molar-refractivity contribution is -0.177. The van der Waals surface area contributed by atoms with Crippen LogP contribution in [0.2, 0.25) is 5.28 Å². The normalized spacial score (nSPS) is 21.7. The molecule has 5 aromatic rings. The number of carboxylic acids is 1. The van der Waals surface area contributed by atoms with Crippen LogP contribution in [0.15, 0.2) is 66.3 Å². The Morgan fingerprint density at radius 2 is 1.81 bits per heavy atom. The summed E-state index contributed by atoms with van der Waals surface area (Å²) in [6.45, 7) is 1.41. The van der Waals surface area contributed by atoms with Crippen molar-refractivity contribution in [1.29, 1.82) is 0 Å². The second kappa shape index (κ2) is 11.6. The van der Waals surface area contributed by atoms with E-state index >= 15 is 0 Å². The van der Waals surface area contributed by atoms with Crippen LogP contribution in [-0.2, 0) is 26.3 Å². The third-order valence-corrected chi connectivity index (χ3v) is 8.36. The Bertz CT molecular complexity index is 1770. The van der Waals surface area contributed by atoms with E-state index in [0.29, 0.717) is 10.6 Å². The predicted molar refractivity (Wildman–Crippen MR) is 158 cm³/mol. The molecule has 5 atom stereocenters. The molecule has 222 valence electrons. The van der Waals surface area contributed by atoms with E-state index in [2.05, 4.69) is 19.9 Å². The van der Waals surface area contributed by atoms with E-state index in [1.807, 2.05) is 54.6 Å². The number of carboxylic acid groups (broad SMARTS) is 1. The molecule has 2 aromatic carbocycles. The van der Waals surface area contributed by atoms with Crippen molar-refractivity contribution in [2.45, 2.75) is 43.5 Å². The van der Waals surface area contributed by atoms with Crippen LogP contribution in [0.5, 0.6) is 0 Å². The maximum absolute atomic E-state index is 13.0. The van der Waals surface area contributed by atoms with Crippen LogP contribution in [0.4, 0.5) is 5.82 Å². The number of aryl methyl sites for hydroxylation is 1. The van der Waals surface area contributed by atoms with Crippen molar-refractivity contribution in [3.63, 3.8) is 0 Å². The van der Waals surface area contributed by atoms with Gasteiger partial charge in [-0.3, -0.25) is 4.57 Å². The second-order valence-corrected chi connectivity index (χ2v) is 11.6. The average molecular weight is 623 g/mol. The number of carbonyl (C=O) groups is 1. The van der Waals surface area contributed by atoms with Crippen LogP contribution in [0.25, 0.3) is 22.3 Å². The number of nitrogens with two attached hydrogens (primary N) is 1. The number of aromatic nitrogens is 5. The number of rotatable bonds is 9. The number of aliphatic carboxylic acids is 1. The quantitative estimate of drug-likeness (QED) is 0.177. The van der Waals surface area contributed by atoms with Crippen LogP contribution in [-0.4, -0.2) is 70.7 Å². The van der Waals surface area contributed by atoms with Gasteiger partial charge in [0.1, 0.15) is 23.8 Å². The molecule has 4 heterocycles. The van der Waals surface area contributed by atoms with Crippen molar-refractivity contribution in [1.82, 2.24) is 24.5 Å². The summed E-state index contributed by atoms with van der Waals surface area (Å²) in [5, 5.41) is 34.6. The lowest BCUT2D eigenvalue weighted by Gasteiger charge is -2.30. The highest BCUT2D eigenvalue weighted by Crippen LogP contribution is 2.37. The van der Waals surface area contributed by atoms with E-state index in [-0.39, 0.29) is 41.0 Å². The molecule has 0 amide bonds. The minimum atomic E-state index is -1.90. The first-order chi connectivity index (χ1) is 20.7. The molecule has 43 heavy (non-hydrogen) atoms. The third-order valence-electron chi connectivity index (χ3n) is 7.42. The molecule has 14 heteroatoms. The number of hydrogen-bond acceptors (Lipinski definition) is 11. The van der Waals surface area contributed by atoms with Gasteiger partial charge >= 0.3 is 5.97 Å². The molecular formula is C29H27ClN6O6S. The smallest absolute Gasteiger partial charge is 0.342 e. The van der Waals surface area contributed by atoms with Gasteiger partial charge in [0, 0.05) is 11.8 Å². The fourth-order valence-corrected chi connectivity index (χ4v) is 6.01. The predicted octanol–water partition coefficient (Wildman–Crippen LogP) is 3.35. The van der Waals surface area contributed by atoms with Gasteiger partial charge in [-0.25, -0.2) is 14.8 Å². The lowest BCUT2D eigenvalue weighted by Crippen LogP contribution is -2.44. The minimum Gasteiger partial charge on any atom is -0.479 e. The molecule has 1 aliphatic rings. The maximum atomic E-state index is 13.0. The van der Waals surface area contributed by atoms with Gasteiger partial charge in [0.2, 0.25) is 10.9 Å². The number of nitrogens with zero attached hydrogens (tertiary/aromatic N) is 5. The van der Waals surface area contributed by atoms with Gasteiger partial charge in [0.15, 0.2) is 17.7 Å². The average Bonchev–Trinajstić information content (AvgIpc) is 3.70. The number of aliphatic hydroxyl groups excluding tert-OH is 2. The summed E-state index contributed by atoms with van der Waals surface area (Å²) < 4.78 is 13.5. The zero-order valence-electron chi connectivity index (χ0n) is 22.7. The molecule has 0 saturated carbocycles. The number of hydrogen-bond donors (Lipinski definition) is 4. The summed E-state index contributed by atoms with van der Waals surface area (Å²) in [5.74, 6) is -1.21. The minimum absolute atomic E-state index is 0.0447. The van der Waals surface area contributed by atoms with Gasteiger partial charge in [-0.1, -0.05) is 54.6 Å². The van der Waals surface area contributed by atoms with Crippen molar-refractivity contribution >= 4 is 45.9 Å². The van der Waals surface area contributed by atoms with Crippen LogP contribution < -0.4 is 5.73 Å². The van der Waals surface area contributed by atoms with E-state index in [0.717, 1.165) is 11.1 Å². The van der Waals surface area contributed by atoms with Crippen LogP contribution in [0, 0.1) is 6.92 Å². The molecule has 0 aliphatic carbocycles. The van der Waals surface area contributed by atoms with Crippen LogP contribution in [0.3, 0.4) is 0 Å². The lowest BCUT2D eigenvalue weighted by atomic mass is 9.90. The number of imidazole rings is 1. The van der Waals surface area contributed by atoms with E-state index in [1.165, 1.54) is 22.2 Å². The number of ether oxygens (including phenoxy) is 2. The van der Waals surface area contributed by atoms with E-state index in [4.69, 9.17) is 26.8 Å². The maximum Gasteiger partial charge on any atom is 0.342 e. The van der Waals surface area contributed by atoms with Crippen LogP contribution >= 0.6 is 22.9 Å². The van der Waals surface area contributed by atoms with Gasteiger partial charge in [-0.15, -0.1) is 11.3 Å². The van der Waals surface area contributed by atoms with E-state index in [1.54, 1.807) is 12.3 Å². The molecule has 12 nitrogen and oxygen atoms in total. The number of thiazole rings is 1.